The number of aromatic nitrogens is 5. The minimum atomic E-state index is -3.96. The Morgan fingerprint density at radius 2 is 1.75 bits per heavy atom. The molecule has 21 heteroatoms. The third kappa shape index (κ3) is 7.70. The van der Waals surface area contributed by atoms with Gasteiger partial charge in [0.25, 0.3) is 0 Å². The number of aliphatic hydroxyl groups excluding tert-OH is 2. The number of hydrogen-bond donors (Lipinski definition) is 6. The fourth-order valence-electron chi connectivity index (χ4n) is 6.65. The van der Waals surface area contributed by atoms with Crippen LogP contribution in [0.1, 0.15) is 43.5 Å². The third-order valence-corrected chi connectivity index (χ3v) is 9.75. The molecule has 6 rings (SSSR count). The van der Waals surface area contributed by atoms with Crippen molar-refractivity contribution < 1.29 is 58.1 Å². The molecule has 2 aliphatic heterocycles. The zero-order valence-electron chi connectivity index (χ0n) is 30.0. The van der Waals surface area contributed by atoms with Gasteiger partial charge in [0.05, 0.1) is 17.9 Å². The number of carbonyl (C=O) groups is 2. The van der Waals surface area contributed by atoms with Crippen molar-refractivity contribution in [1.82, 2.24) is 34.1 Å². The molecule has 2 amide bonds. The molecule has 2 fully saturated rings. The van der Waals surface area contributed by atoms with E-state index >= 15 is 4.39 Å². The molecule has 2 saturated heterocycles. The van der Waals surface area contributed by atoms with Gasteiger partial charge in [0.2, 0.25) is 12.1 Å². The van der Waals surface area contributed by atoms with Crippen LogP contribution in [0.2, 0.25) is 0 Å². The lowest BCUT2D eigenvalue weighted by atomic mass is 9.98. The van der Waals surface area contributed by atoms with E-state index < -0.39 is 72.8 Å². The van der Waals surface area contributed by atoms with Crippen LogP contribution >= 0.6 is 0 Å². The molecule has 4 aromatic rings. The Morgan fingerprint density at radius 1 is 1.04 bits per heavy atom. The van der Waals surface area contributed by atoms with Crippen molar-refractivity contribution in [3.05, 3.63) is 70.0 Å². The zero-order valence-corrected chi connectivity index (χ0v) is 30.0. The van der Waals surface area contributed by atoms with E-state index in [1.54, 1.807) is 6.07 Å². The maximum Gasteiger partial charge on any atom is 0.413 e. The number of hydrogen-bond acceptors (Lipinski definition) is 13. The lowest BCUT2D eigenvalue weighted by molar-refractivity contribution is -0.141. The summed E-state index contributed by atoms with van der Waals surface area (Å²) < 4.78 is 51.1. The van der Waals surface area contributed by atoms with Crippen LogP contribution in [0.15, 0.2) is 47.4 Å². The second-order valence-electron chi connectivity index (χ2n) is 13.7. The molecule has 0 aliphatic carbocycles. The molecule has 56 heavy (non-hydrogen) atoms. The summed E-state index contributed by atoms with van der Waals surface area (Å²) in [5.74, 6) is -5.93. The number of benzene rings is 2. The highest BCUT2D eigenvalue weighted by atomic mass is 19.3. The summed E-state index contributed by atoms with van der Waals surface area (Å²) in [4.78, 5) is 45.4. The number of piperazine rings is 1. The first-order chi connectivity index (χ1) is 26.5. The van der Waals surface area contributed by atoms with Crippen LogP contribution in [-0.2, 0) is 16.1 Å². The highest BCUT2D eigenvalue weighted by Crippen LogP contribution is 2.42. The standard InChI is InChI=1S/C35H39F3N8O10/c1-18(2)21-14-22(25(49)15-24(21)48)30-40-41-33(53)46(30)20-4-3-19(23(36)13-20)16-42-9-11-43(12-10-42)28(50)6-8-44(34(54)55)27-5-7-45(32(52)39-27)31-35(37,38)29(51)26(17-47)56-31/h3-5,7,13-15,18,26,29,31,47-49,51H,6,8-12,16-17H2,1-2H3,(H,41,53)(H,54,55)/t26-,29-,31-/m1/s1. The molecule has 2 aromatic heterocycles. The summed E-state index contributed by atoms with van der Waals surface area (Å²) in [6.45, 7) is 3.69. The van der Waals surface area contributed by atoms with E-state index in [4.69, 9.17) is 4.74 Å². The minimum absolute atomic E-state index is 0.0190. The molecule has 4 heterocycles. The van der Waals surface area contributed by atoms with Crippen LogP contribution in [-0.4, -0.2) is 134 Å². The second-order valence-corrected chi connectivity index (χ2v) is 13.7. The number of aliphatic hydroxyl groups is 2. The van der Waals surface area contributed by atoms with Gasteiger partial charge in [-0.3, -0.25) is 19.2 Å². The Bertz CT molecular complexity index is 2180. The number of phenolic OH excluding ortho intramolecular Hbond substituents is 2. The van der Waals surface area contributed by atoms with Crippen LogP contribution in [0.4, 0.5) is 23.8 Å². The smallest absolute Gasteiger partial charge is 0.413 e. The van der Waals surface area contributed by atoms with Crippen molar-refractivity contribution in [3.63, 3.8) is 0 Å². The number of nitrogens with zero attached hydrogens (tertiary/aromatic N) is 8. The van der Waals surface area contributed by atoms with Crippen molar-refractivity contribution in [3.8, 4) is 34.6 Å². The van der Waals surface area contributed by atoms with Crippen molar-refractivity contribution in [2.75, 3.05) is 44.2 Å². The van der Waals surface area contributed by atoms with Gasteiger partial charge in [0.1, 0.15) is 29.2 Å². The number of ether oxygens (including phenoxy) is 1. The summed E-state index contributed by atoms with van der Waals surface area (Å²) >= 11 is 0. The Hall–Kier alpha value is -5.77. The summed E-state index contributed by atoms with van der Waals surface area (Å²) in [5, 5.41) is 67.7. The minimum Gasteiger partial charge on any atom is -0.508 e. The van der Waals surface area contributed by atoms with Gasteiger partial charge in [-0.2, -0.15) is 13.8 Å². The first kappa shape index (κ1) is 39.9. The summed E-state index contributed by atoms with van der Waals surface area (Å²) in [6, 6.07) is 7.36. The van der Waals surface area contributed by atoms with Gasteiger partial charge in [0.15, 0.2) is 11.9 Å². The van der Waals surface area contributed by atoms with Crippen LogP contribution in [0.25, 0.3) is 17.1 Å². The van der Waals surface area contributed by atoms with Crippen LogP contribution in [0, 0.1) is 5.82 Å². The number of anilines is 1. The zero-order chi connectivity index (χ0) is 40.6. The Labute approximate surface area is 315 Å². The maximum atomic E-state index is 15.5. The van der Waals surface area contributed by atoms with Crippen LogP contribution in [0.5, 0.6) is 17.5 Å². The lowest BCUT2D eigenvalue weighted by Gasteiger charge is -2.35. The average molecular weight is 789 g/mol. The van der Waals surface area contributed by atoms with E-state index in [0.717, 1.165) is 22.9 Å². The molecule has 3 atom stereocenters. The molecule has 2 aliphatic rings. The third-order valence-electron chi connectivity index (χ3n) is 9.75. The van der Waals surface area contributed by atoms with Crippen molar-refractivity contribution in [2.45, 2.75) is 57.1 Å². The number of aromatic hydroxyl groups is 3. The average Bonchev–Trinajstić information content (AvgIpc) is 3.63. The molecule has 0 spiro atoms. The van der Waals surface area contributed by atoms with Gasteiger partial charge in [0, 0.05) is 63.5 Å². The predicted molar refractivity (Wildman–Crippen MR) is 188 cm³/mol. The number of rotatable bonds is 11. The molecular formula is C35H39F3N8O10. The first-order valence-electron chi connectivity index (χ1n) is 17.4. The van der Waals surface area contributed by atoms with Gasteiger partial charge in [-0.15, -0.1) is 5.10 Å². The van der Waals surface area contributed by atoms with Gasteiger partial charge < -0.3 is 40.3 Å². The number of alkyl halides is 2. The summed E-state index contributed by atoms with van der Waals surface area (Å²) in [5.41, 5.74) is -0.140. The largest absolute Gasteiger partial charge is 0.508 e. The quantitative estimate of drug-likeness (QED) is 0.127. The van der Waals surface area contributed by atoms with Crippen LogP contribution < -0.4 is 10.6 Å². The number of amides is 2. The molecular weight excluding hydrogens is 749 g/mol. The maximum absolute atomic E-state index is 15.5. The van der Waals surface area contributed by atoms with E-state index in [0.29, 0.717) is 33.7 Å². The van der Waals surface area contributed by atoms with E-state index in [2.05, 4.69) is 15.2 Å². The molecule has 0 saturated carbocycles. The van der Waals surface area contributed by atoms with Crippen LogP contribution in [0.3, 0.4) is 0 Å². The number of carboxylic acid groups (broad SMARTS) is 1. The van der Waals surface area contributed by atoms with E-state index in [-0.39, 0.29) is 60.5 Å². The van der Waals surface area contributed by atoms with E-state index in [1.807, 2.05) is 18.7 Å². The fourth-order valence-corrected chi connectivity index (χ4v) is 6.65. The number of halogens is 3. The normalized spacial score (nSPS) is 19.8. The Morgan fingerprint density at radius 3 is 2.36 bits per heavy atom. The number of phenols is 2. The first-order valence-corrected chi connectivity index (χ1v) is 17.4. The Balaban J connectivity index is 1.06. The number of carbonyl (C=O) groups excluding carboxylic acids is 1. The van der Waals surface area contributed by atoms with Gasteiger partial charge in [-0.05, 0) is 35.7 Å². The molecule has 0 radical (unpaired) electrons. The fraction of sp³-hybridized carbons (Fsp3) is 0.429. The van der Waals surface area contributed by atoms with E-state index in [1.165, 1.54) is 23.1 Å². The Kier molecular flexibility index (Phi) is 11.2. The topological polar surface area (TPSA) is 240 Å². The van der Waals surface area contributed by atoms with Crippen molar-refractivity contribution in [1.29, 1.82) is 0 Å². The lowest BCUT2D eigenvalue weighted by Crippen LogP contribution is -2.49. The molecule has 6 N–H and O–H groups in total. The summed E-state index contributed by atoms with van der Waals surface area (Å²) in [7, 11) is 0. The molecule has 0 unspecified atom stereocenters. The van der Waals surface area contributed by atoms with Gasteiger partial charge in [-0.1, -0.05) is 25.0 Å². The van der Waals surface area contributed by atoms with Gasteiger partial charge in [-0.25, -0.2) is 18.5 Å². The highest BCUT2D eigenvalue weighted by Gasteiger charge is 2.59. The molecule has 18 nitrogen and oxygen atoms in total. The molecule has 2 aromatic carbocycles. The second kappa shape index (κ2) is 15.8. The molecule has 0 bridgehead atoms. The summed E-state index contributed by atoms with van der Waals surface area (Å²) in [6.07, 6.45) is -7.40. The van der Waals surface area contributed by atoms with Crippen molar-refractivity contribution in [2.24, 2.45) is 0 Å². The van der Waals surface area contributed by atoms with Crippen molar-refractivity contribution >= 4 is 17.8 Å². The monoisotopic (exact) mass is 788 g/mol. The highest BCUT2D eigenvalue weighted by molar-refractivity contribution is 5.86. The SMILES string of the molecule is CC(C)c1cc(-c2nnc(O)n2-c2ccc(CN3CCN(C(=O)CCN(C(=O)O)c4ccn([C@@H]5O[C@H](CO)[C@@H](O)C5(F)F)c(=O)n4)CC3)c(F)c2)c(O)cc1O. The molecule has 300 valence electrons. The predicted octanol–water partition coefficient (Wildman–Crippen LogP) is 1.98. The van der Waals surface area contributed by atoms with E-state index in [9.17, 15) is 53.8 Å². The van der Waals surface area contributed by atoms with Gasteiger partial charge >= 0.3 is 23.7 Å².